The Hall–Kier alpha value is -0.410. The molecule has 0 aliphatic heterocycles. The zero-order valence-corrected chi connectivity index (χ0v) is 13.0. The summed E-state index contributed by atoms with van der Waals surface area (Å²) in [4.78, 5) is 0. The molecule has 1 saturated carbocycles. The third kappa shape index (κ3) is 4.03. The van der Waals surface area contributed by atoms with Crippen molar-refractivity contribution in [2.45, 2.75) is 57.5 Å². The van der Waals surface area contributed by atoms with Gasteiger partial charge >= 0.3 is 0 Å². The Labute approximate surface area is 123 Å². The SMILES string of the molecule is CCC1CCCC(O)(Cc2cc(Br)ccc2F)CC1. The summed E-state index contributed by atoms with van der Waals surface area (Å²) in [6, 6.07) is 4.95. The van der Waals surface area contributed by atoms with Gasteiger partial charge in [0.1, 0.15) is 5.82 Å². The second-order valence-corrected chi connectivity index (χ2v) is 6.76. The summed E-state index contributed by atoms with van der Waals surface area (Å²) in [6.07, 6.45) is 6.48. The van der Waals surface area contributed by atoms with E-state index in [1.807, 2.05) is 0 Å². The lowest BCUT2D eigenvalue weighted by Crippen LogP contribution is -2.31. The largest absolute Gasteiger partial charge is 0.390 e. The molecule has 1 fully saturated rings. The lowest BCUT2D eigenvalue weighted by atomic mass is 9.87. The molecule has 106 valence electrons. The molecular formula is C16H22BrFO. The third-order valence-corrected chi connectivity index (χ3v) is 4.87. The number of hydrogen-bond donors (Lipinski definition) is 1. The van der Waals surface area contributed by atoms with Crippen LogP contribution in [0.4, 0.5) is 4.39 Å². The summed E-state index contributed by atoms with van der Waals surface area (Å²) in [5.41, 5.74) is -0.113. The number of rotatable bonds is 3. The monoisotopic (exact) mass is 328 g/mol. The second-order valence-electron chi connectivity index (χ2n) is 5.84. The van der Waals surface area contributed by atoms with Gasteiger partial charge in [-0.25, -0.2) is 4.39 Å². The molecule has 1 aliphatic carbocycles. The van der Waals surface area contributed by atoms with Crippen LogP contribution in [0.3, 0.4) is 0 Å². The molecule has 2 atom stereocenters. The van der Waals surface area contributed by atoms with Crippen molar-refractivity contribution in [3.63, 3.8) is 0 Å². The molecule has 1 nitrogen and oxygen atoms in total. The van der Waals surface area contributed by atoms with Crippen LogP contribution in [0.1, 0.15) is 51.0 Å². The molecular weight excluding hydrogens is 307 g/mol. The fourth-order valence-electron chi connectivity index (χ4n) is 3.08. The van der Waals surface area contributed by atoms with Gasteiger partial charge in [0.2, 0.25) is 0 Å². The zero-order valence-electron chi connectivity index (χ0n) is 11.5. The van der Waals surface area contributed by atoms with E-state index in [0.717, 1.165) is 36.1 Å². The highest BCUT2D eigenvalue weighted by molar-refractivity contribution is 9.10. The third-order valence-electron chi connectivity index (χ3n) is 4.38. The van der Waals surface area contributed by atoms with E-state index in [-0.39, 0.29) is 5.82 Å². The molecule has 0 saturated heterocycles. The average molecular weight is 329 g/mol. The van der Waals surface area contributed by atoms with Crippen LogP contribution in [0.15, 0.2) is 22.7 Å². The first-order valence-electron chi connectivity index (χ1n) is 7.19. The highest BCUT2D eigenvalue weighted by atomic mass is 79.9. The van der Waals surface area contributed by atoms with Crippen LogP contribution < -0.4 is 0 Å². The van der Waals surface area contributed by atoms with Crippen molar-refractivity contribution >= 4 is 15.9 Å². The summed E-state index contributed by atoms with van der Waals surface area (Å²) >= 11 is 3.37. The van der Waals surface area contributed by atoms with Gasteiger partial charge in [-0.1, -0.05) is 42.1 Å². The standard InChI is InChI=1S/C16H22BrFO/c1-2-12-4-3-8-16(19,9-7-12)11-13-10-14(17)5-6-15(13)18/h5-6,10,12,19H,2-4,7-9,11H2,1H3. The van der Waals surface area contributed by atoms with Crippen LogP contribution in [0.2, 0.25) is 0 Å². The summed E-state index contributed by atoms with van der Waals surface area (Å²) in [7, 11) is 0. The van der Waals surface area contributed by atoms with Gasteiger partial charge in [-0.2, -0.15) is 0 Å². The maximum Gasteiger partial charge on any atom is 0.126 e. The molecule has 0 heterocycles. The molecule has 0 spiro atoms. The van der Waals surface area contributed by atoms with E-state index in [0.29, 0.717) is 12.0 Å². The quantitative estimate of drug-likeness (QED) is 0.786. The number of benzene rings is 1. The Morgan fingerprint density at radius 2 is 2.16 bits per heavy atom. The molecule has 19 heavy (non-hydrogen) atoms. The number of halogens is 2. The minimum atomic E-state index is -0.731. The van der Waals surface area contributed by atoms with Crippen LogP contribution in [0.25, 0.3) is 0 Å². The summed E-state index contributed by atoms with van der Waals surface area (Å²) in [5.74, 6) is 0.509. The summed E-state index contributed by atoms with van der Waals surface area (Å²) in [5, 5.41) is 10.8. The van der Waals surface area contributed by atoms with E-state index in [4.69, 9.17) is 0 Å². The van der Waals surface area contributed by atoms with Gasteiger partial charge in [0, 0.05) is 10.9 Å². The van der Waals surface area contributed by atoms with Gasteiger partial charge in [-0.15, -0.1) is 0 Å². The lowest BCUT2D eigenvalue weighted by Gasteiger charge is -2.27. The van der Waals surface area contributed by atoms with Crippen LogP contribution in [-0.4, -0.2) is 10.7 Å². The van der Waals surface area contributed by atoms with Crippen molar-refractivity contribution in [2.24, 2.45) is 5.92 Å². The molecule has 0 radical (unpaired) electrons. The van der Waals surface area contributed by atoms with Crippen molar-refractivity contribution in [3.8, 4) is 0 Å². The minimum absolute atomic E-state index is 0.215. The second kappa shape index (κ2) is 6.36. The smallest absolute Gasteiger partial charge is 0.126 e. The Bertz CT molecular complexity index is 435. The molecule has 1 aliphatic rings. The Morgan fingerprint density at radius 3 is 2.89 bits per heavy atom. The van der Waals surface area contributed by atoms with E-state index in [1.54, 1.807) is 12.1 Å². The molecule has 0 aromatic heterocycles. The van der Waals surface area contributed by atoms with Crippen LogP contribution in [0.5, 0.6) is 0 Å². The van der Waals surface area contributed by atoms with Crippen molar-refractivity contribution in [1.29, 1.82) is 0 Å². The fraction of sp³-hybridized carbons (Fsp3) is 0.625. The van der Waals surface area contributed by atoms with Crippen molar-refractivity contribution in [2.75, 3.05) is 0 Å². The lowest BCUT2D eigenvalue weighted by molar-refractivity contribution is 0.0234. The molecule has 3 heteroatoms. The van der Waals surface area contributed by atoms with Crippen molar-refractivity contribution in [1.82, 2.24) is 0 Å². The minimum Gasteiger partial charge on any atom is -0.390 e. The van der Waals surface area contributed by atoms with E-state index in [1.165, 1.54) is 18.9 Å². The molecule has 2 rings (SSSR count). The van der Waals surface area contributed by atoms with Crippen LogP contribution in [0, 0.1) is 11.7 Å². The first kappa shape index (κ1) is 15.0. The van der Waals surface area contributed by atoms with Crippen molar-refractivity contribution < 1.29 is 9.50 Å². The number of hydrogen-bond acceptors (Lipinski definition) is 1. The molecule has 1 aromatic carbocycles. The predicted octanol–water partition coefficient (Wildman–Crippen LogP) is 4.85. The Morgan fingerprint density at radius 1 is 1.37 bits per heavy atom. The van der Waals surface area contributed by atoms with E-state index in [2.05, 4.69) is 22.9 Å². The van der Waals surface area contributed by atoms with Gasteiger partial charge < -0.3 is 5.11 Å². The molecule has 1 aromatic rings. The fourth-order valence-corrected chi connectivity index (χ4v) is 3.49. The highest BCUT2D eigenvalue weighted by Gasteiger charge is 2.31. The number of aliphatic hydroxyl groups is 1. The van der Waals surface area contributed by atoms with Crippen LogP contribution >= 0.6 is 15.9 Å². The first-order valence-corrected chi connectivity index (χ1v) is 7.98. The van der Waals surface area contributed by atoms with Crippen molar-refractivity contribution in [3.05, 3.63) is 34.1 Å². The van der Waals surface area contributed by atoms with Gasteiger partial charge in [0.15, 0.2) is 0 Å². The summed E-state index contributed by atoms with van der Waals surface area (Å²) < 4.78 is 14.7. The Kier molecular flexibility index (Phi) is 5.02. The topological polar surface area (TPSA) is 20.2 Å². The highest BCUT2D eigenvalue weighted by Crippen LogP contribution is 2.34. The van der Waals surface area contributed by atoms with E-state index >= 15 is 0 Å². The normalized spacial score (nSPS) is 28.1. The van der Waals surface area contributed by atoms with Gasteiger partial charge in [0.25, 0.3) is 0 Å². The molecule has 2 unspecified atom stereocenters. The van der Waals surface area contributed by atoms with Crippen LogP contribution in [-0.2, 0) is 6.42 Å². The zero-order chi connectivity index (χ0) is 13.9. The van der Waals surface area contributed by atoms with Gasteiger partial charge in [0.05, 0.1) is 5.60 Å². The maximum atomic E-state index is 13.8. The van der Waals surface area contributed by atoms with Gasteiger partial charge in [-0.05, 0) is 48.9 Å². The first-order chi connectivity index (χ1) is 9.02. The van der Waals surface area contributed by atoms with Gasteiger partial charge in [-0.3, -0.25) is 0 Å². The molecule has 0 bridgehead atoms. The maximum absolute atomic E-state index is 13.8. The van der Waals surface area contributed by atoms with E-state index in [9.17, 15) is 9.50 Å². The summed E-state index contributed by atoms with van der Waals surface area (Å²) in [6.45, 7) is 2.21. The van der Waals surface area contributed by atoms with E-state index < -0.39 is 5.60 Å². The molecule has 0 amide bonds. The molecule has 1 N–H and O–H groups in total. The predicted molar refractivity (Wildman–Crippen MR) is 79.6 cm³/mol. The Balaban J connectivity index is 2.10. The average Bonchev–Trinajstić information content (AvgIpc) is 2.56.